The molecule has 0 bridgehead atoms. The van der Waals surface area contributed by atoms with Crippen LogP contribution in [0.3, 0.4) is 0 Å². The number of rotatable bonds is 4. The van der Waals surface area contributed by atoms with E-state index in [0.29, 0.717) is 11.5 Å². The molecule has 1 fully saturated rings. The molecule has 0 amide bonds. The Morgan fingerprint density at radius 1 is 1.40 bits per heavy atom. The van der Waals surface area contributed by atoms with Gasteiger partial charge in [-0.05, 0) is 66.2 Å². The maximum Gasteiger partial charge on any atom is 0.0593 e. The first kappa shape index (κ1) is 16.5. The average Bonchev–Trinajstić information content (AvgIpc) is 2.73. The standard InChI is InChI=1S/C16H27BrN2S/c1-4-13(18)15(14-10-12(17)11-20-14)19-8-5-6-16(2,3)7-9-19/h10-11,13,15H,4-9,18H2,1-3H3. The first-order valence-corrected chi connectivity index (χ1v) is 9.34. The quantitative estimate of drug-likeness (QED) is 0.837. The van der Waals surface area contributed by atoms with Gasteiger partial charge in [0.2, 0.25) is 0 Å². The van der Waals surface area contributed by atoms with E-state index in [0.717, 1.165) is 6.42 Å². The molecule has 0 radical (unpaired) electrons. The molecule has 2 heterocycles. The Morgan fingerprint density at radius 2 is 2.15 bits per heavy atom. The molecule has 2 nitrogen and oxygen atoms in total. The summed E-state index contributed by atoms with van der Waals surface area (Å²) in [6.07, 6.45) is 4.91. The average molecular weight is 359 g/mol. The van der Waals surface area contributed by atoms with Gasteiger partial charge in [-0.1, -0.05) is 20.8 Å². The minimum atomic E-state index is 0.224. The zero-order valence-electron chi connectivity index (χ0n) is 12.9. The summed E-state index contributed by atoms with van der Waals surface area (Å²) in [5, 5.41) is 2.17. The fourth-order valence-corrected chi connectivity index (χ4v) is 4.74. The Morgan fingerprint density at radius 3 is 2.75 bits per heavy atom. The van der Waals surface area contributed by atoms with Gasteiger partial charge in [-0.15, -0.1) is 11.3 Å². The highest BCUT2D eigenvalue weighted by molar-refractivity contribution is 9.10. The van der Waals surface area contributed by atoms with Crippen LogP contribution in [0.2, 0.25) is 0 Å². The van der Waals surface area contributed by atoms with E-state index in [9.17, 15) is 0 Å². The van der Waals surface area contributed by atoms with Gasteiger partial charge >= 0.3 is 0 Å². The third-order valence-corrected chi connectivity index (χ3v) is 6.29. The number of hydrogen-bond donors (Lipinski definition) is 1. The van der Waals surface area contributed by atoms with E-state index in [4.69, 9.17) is 5.73 Å². The van der Waals surface area contributed by atoms with Crippen molar-refractivity contribution in [1.29, 1.82) is 0 Å². The highest BCUT2D eigenvalue weighted by Gasteiger charge is 2.31. The van der Waals surface area contributed by atoms with Gasteiger partial charge in [-0.3, -0.25) is 4.90 Å². The predicted octanol–water partition coefficient (Wildman–Crippen LogP) is 4.80. The third kappa shape index (κ3) is 4.06. The number of hydrogen-bond acceptors (Lipinski definition) is 3. The summed E-state index contributed by atoms with van der Waals surface area (Å²) in [7, 11) is 0. The second-order valence-electron chi connectivity index (χ2n) is 6.74. The van der Waals surface area contributed by atoms with E-state index in [-0.39, 0.29) is 6.04 Å². The monoisotopic (exact) mass is 358 g/mol. The lowest BCUT2D eigenvalue weighted by Crippen LogP contribution is -2.41. The molecule has 0 saturated carbocycles. The van der Waals surface area contributed by atoms with E-state index in [1.54, 1.807) is 0 Å². The summed E-state index contributed by atoms with van der Waals surface area (Å²) >= 11 is 5.41. The van der Waals surface area contributed by atoms with Crippen molar-refractivity contribution in [2.24, 2.45) is 11.1 Å². The third-order valence-electron chi connectivity index (χ3n) is 4.52. The normalized spacial score (nSPS) is 23.2. The van der Waals surface area contributed by atoms with Crippen LogP contribution in [0.5, 0.6) is 0 Å². The molecule has 1 saturated heterocycles. The maximum atomic E-state index is 6.46. The lowest BCUT2D eigenvalue weighted by molar-refractivity contribution is 0.171. The van der Waals surface area contributed by atoms with Crippen molar-refractivity contribution < 1.29 is 0 Å². The molecule has 2 rings (SSSR count). The lowest BCUT2D eigenvalue weighted by Gasteiger charge is -2.34. The SMILES string of the molecule is CCC(N)C(c1cc(Br)cs1)N1CCCC(C)(C)CC1. The van der Waals surface area contributed by atoms with Gasteiger partial charge in [-0.2, -0.15) is 0 Å². The van der Waals surface area contributed by atoms with Crippen molar-refractivity contribution >= 4 is 27.3 Å². The van der Waals surface area contributed by atoms with Crippen LogP contribution < -0.4 is 5.73 Å². The first-order chi connectivity index (χ1) is 9.43. The summed E-state index contributed by atoms with van der Waals surface area (Å²) in [6.45, 7) is 9.33. The number of nitrogens with zero attached hydrogens (tertiary/aromatic N) is 1. The molecule has 0 aliphatic carbocycles. The summed E-state index contributed by atoms with van der Waals surface area (Å²) in [4.78, 5) is 4.03. The Hall–Kier alpha value is 0.1000. The van der Waals surface area contributed by atoms with Gasteiger partial charge in [0.05, 0.1) is 6.04 Å². The summed E-state index contributed by atoms with van der Waals surface area (Å²) in [5.74, 6) is 0. The van der Waals surface area contributed by atoms with E-state index in [2.05, 4.69) is 53.0 Å². The molecule has 20 heavy (non-hydrogen) atoms. The first-order valence-electron chi connectivity index (χ1n) is 7.66. The van der Waals surface area contributed by atoms with Crippen LogP contribution in [0, 0.1) is 5.41 Å². The Kier molecular flexibility index (Phi) is 5.69. The molecule has 2 N–H and O–H groups in total. The maximum absolute atomic E-state index is 6.46. The van der Waals surface area contributed by atoms with E-state index >= 15 is 0 Å². The minimum absolute atomic E-state index is 0.224. The van der Waals surface area contributed by atoms with Gasteiger partial charge < -0.3 is 5.73 Å². The van der Waals surface area contributed by atoms with Crippen molar-refractivity contribution in [2.75, 3.05) is 13.1 Å². The highest BCUT2D eigenvalue weighted by atomic mass is 79.9. The number of thiophene rings is 1. The minimum Gasteiger partial charge on any atom is -0.326 e. The molecule has 114 valence electrons. The Balaban J connectivity index is 2.18. The van der Waals surface area contributed by atoms with Crippen molar-refractivity contribution in [2.45, 2.75) is 58.5 Å². The fourth-order valence-electron chi connectivity index (χ4n) is 3.09. The molecule has 1 aromatic heterocycles. The molecule has 1 aliphatic rings. The molecular weight excluding hydrogens is 332 g/mol. The number of halogens is 1. The molecule has 1 aromatic rings. The smallest absolute Gasteiger partial charge is 0.0593 e. The van der Waals surface area contributed by atoms with Crippen LogP contribution in [0.15, 0.2) is 15.9 Å². The van der Waals surface area contributed by atoms with Crippen molar-refractivity contribution in [3.63, 3.8) is 0 Å². The Labute approximate surface area is 135 Å². The second-order valence-corrected chi connectivity index (χ2v) is 8.60. The molecule has 0 spiro atoms. The largest absolute Gasteiger partial charge is 0.326 e. The van der Waals surface area contributed by atoms with Crippen LogP contribution in [0.4, 0.5) is 0 Å². The zero-order valence-corrected chi connectivity index (χ0v) is 15.3. The van der Waals surface area contributed by atoms with Gasteiger partial charge in [0.25, 0.3) is 0 Å². The van der Waals surface area contributed by atoms with Crippen molar-refractivity contribution in [3.05, 3.63) is 20.8 Å². The van der Waals surface area contributed by atoms with E-state index in [1.807, 2.05) is 11.3 Å². The van der Waals surface area contributed by atoms with Crippen LogP contribution in [-0.2, 0) is 0 Å². The van der Waals surface area contributed by atoms with Crippen molar-refractivity contribution in [3.8, 4) is 0 Å². The van der Waals surface area contributed by atoms with Gasteiger partial charge in [0, 0.05) is 20.8 Å². The molecular formula is C16H27BrN2S. The van der Waals surface area contributed by atoms with E-state index in [1.165, 1.54) is 41.7 Å². The highest BCUT2D eigenvalue weighted by Crippen LogP contribution is 2.37. The predicted molar refractivity (Wildman–Crippen MR) is 92.2 cm³/mol. The van der Waals surface area contributed by atoms with Gasteiger partial charge in [0.1, 0.15) is 0 Å². The summed E-state index contributed by atoms with van der Waals surface area (Å²) in [6, 6.07) is 2.85. The van der Waals surface area contributed by atoms with Crippen LogP contribution in [0.1, 0.15) is 57.4 Å². The van der Waals surface area contributed by atoms with Crippen molar-refractivity contribution in [1.82, 2.24) is 4.90 Å². The van der Waals surface area contributed by atoms with Crippen LogP contribution in [-0.4, -0.2) is 24.0 Å². The van der Waals surface area contributed by atoms with E-state index < -0.39 is 0 Å². The second kappa shape index (κ2) is 6.91. The van der Waals surface area contributed by atoms with Crippen LogP contribution >= 0.6 is 27.3 Å². The zero-order chi connectivity index (χ0) is 14.8. The summed E-state index contributed by atoms with van der Waals surface area (Å²) < 4.78 is 1.18. The van der Waals surface area contributed by atoms with Gasteiger partial charge in [-0.25, -0.2) is 0 Å². The molecule has 2 atom stereocenters. The fraction of sp³-hybridized carbons (Fsp3) is 0.750. The number of likely N-dealkylation sites (tertiary alicyclic amines) is 1. The lowest BCUT2D eigenvalue weighted by atomic mass is 9.85. The molecule has 2 unspecified atom stereocenters. The van der Waals surface area contributed by atoms with Gasteiger partial charge in [0.15, 0.2) is 0 Å². The topological polar surface area (TPSA) is 29.3 Å². The number of nitrogens with two attached hydrogens (primary N) is 1. The molecule has 0 aromatic carbocycles. The summed E-state index contributed by atoms with van der Waals surface area (Å²) in [5.41, 5.74) is 6.94. The molecule has 1 aliphatic heterocycles. The van der Waals surface area contributed by atoms with Crippen LogP contribution in [0.25, 0.3) is 0 Å². The Bertz CT molecular complexity index is 430. The molecule has 4 heteroatoms.